The number of halogens is 1. The van der Waals surface area contributed by atoms with Crippen molar-refractivity contribution in [1.29, 1.82) is 0 Å². The lowest BCUT2D eigenvalue weighted by Gasteiger charge is -2.01. The molecule has 0 aromatic heterocycles. The van der Waals surface area contributed by atoms with Crippen LogP contribution in [0.5, 0.6) is 0 Å². The Hall–Kier alpha value is -0.190. The summed E-state index contributed by atoms with van der Waals surface area (Å²) in [6.45, 7) is 2.51. The minimum Gasteiger partial charge on any atom is -0.287 e. The van der Waals surface area contributed by atoms with Crippen LogP contribution in [-0.2, 0) is 15.3 Å². The summed E-state index contributed by atoms with van der Waals surface area (Å²) in [5.74, 6) is 0. The third kappa shape index (κ3) is 3.58. The highest BCUT2D eigenvalue weighted by Crippen LogP contribution is 2.15. The van der Waals surface area contributed by atoms with E-state index in [1.165, 1.54) is 0 Å². The van der Waals surface area contributed by atoms with Crippen molar-refractivity contribution in [3.8, 4) is 0 Å². The Balaban J connectivity index is 2.66. The van der Waals surface area contributed by atoms with E-state index in [0.717, 1.165) is 10.9 Å². The molecule has 0 amide bonds. The van der Waals surface area contributed by atoms with Crippen LogP contribution >= 0.6 is 15.9 Å². The molecule has 0 bridgehead atoms. The Morgan fingerprint density at radius 1 is 1.54 bits per heavy atom. The van der Waals surface area contributed by atoms with Crippen molar-refractivity contribution < 1.29 is 8.39 Å². The summed E-state index contributed by atoms with van der Waals surface area (Å²) in [7, 11) is 0. The van der Waals surface area contributed by atoms with E-state index < -0.39 is 11.1 Å². The predicted molar refractivity (Wildman–Crippen MR) is 56.8 cm³/mol. The first-order valence-electron chi connectivity index (χ1n) is 4.04. The molecule has 1 aromatic carbocycles. The molecule has 0 radical (unpaired) electrons. The van der Waals surface area contributed by atoms with Gasteiger partial charge in [0, 0.05) is 4.47 Å². The van der Waals surface area contributed by atoms with Gasteiger partial charge in [-0.15, -0.1) is 0 Å². The minimum absolute atomic E-state index is 0.527. The Kier molecular flexibility index (Phi) is 4.62. The molecule has 1 aromatic rings. The van der Waals surface area contributed by atoms with Gasteiger partial charge in [0.25, 0.3) is 0 Å². The van der Waals surface area contributed by atoms with E-state index in [1.54, 1.807) is 12.1 Å². The van der Waals surface area contributed by atoms with Crippen molar-refractivity contribution in [2.45, 2.75) is 18.2 Å². The standard InChI is InChI=1S/C9H11BrO2S/c1-2-6-12-13(11)9-5-3-4-8(10)7-9/h3-5,7H,2,6H2,1H3. The maximum absolute atomic E-state index is 11.4. The second kappa shape index (κ2) is 5.52. The number of hydrogen-bond acceptors (Lipinski definition) is 2. The quantitative estimate of drug-likeness (QED) is 0.834. The molecular weight excluding hydrogens is 252 g/mol. The van der Waals surface area contributed by atoms with Crippen LogP contribution in [-0.4, -0.2) is 10.8 Å². The summed E-state index contributed by atoms with van der Waals surface area (Å²) in [4.78, 5) is 0.697. The molecule has 0 N–H and O–H groups in total. The van der Waals surface area contributed by atoms with Gasteiger partial charge in [-0.05, 0) is 24.6 Å². The Bertz CT molecular complexity index is 301. The molecule has 0 saturated carbocycles. The number of rotatable bonds is 4. The lowest BCUT2D eigenvalue weighted by Crippen LogP contribution is -1.98. The second-order valence-electron chi connectivity index (χ2n) is 2.51. The first-order chi connectivity index (χ1) is 6.24. The minimum atomic E-state index is -1.32. The highest BCUT2D eigenvalue weighted by Gasteiger charge is 2.03. The van der Waals surface area contributed by atoms with E-state index in [9.17, 15) is 4.21 Å². The zero-order chi connectivity index (χ0) is 9.68. The SMILES string of the molecule is CCCOS(=O)c1cccc(Br)c1. The van der Waals surface area contributed by atoms with Gasteiger partial charge in [-0.2, -0.15) is 0 Å². The molecule has 13 heavy (non-hydrogen) atoms. The van der Waals surface area contributed by atoms with Gasteiger partial charge >= 0.3 is 0 Å². The summed E-state index contributed by atoms with van der Waals surface area (Å²) >= 11 is 1.99. The van der Waals surface area contributed by atoms with Crippen molar-refractivity contribution in [1.82, 2.24) is 0 Å². The summed E-state index contributed by atoms with van der Waals surface area (Å²) in [6, 6.07) is 7.31. The highest BCUT2D eigenvalue weighted by atomic mass is 79.9. The molecule has 0 saturated heterocycles. The normalized spacial score (nSPS) is 12.8. The molecule has 1 atom stereocenters. The third-order valence-corrected chi connectivity index (χ3v) is 2.90. The van der Waals surface area contributed by atoms with Gasteiger partial charge in [-0.3, -0.25) is 4.18 Å². The fraction of sp³-hybridized carbons (Fsp3) is 0.333. The summed E-state index contributed by atoms with van der Waals surface area (Å²) in [5, 5.41) is 0. The zero-order valence-corrected chi connectivity index (χ0v) is 9.73. The van der Waals surface area contributed by atoms with Crippen molar-refractivity contribution >= 4 is 27.0 Å². The van der Waals surface area contributed by atoms with Gasteiger partial charge in [0.05, 0.1) is 11.5 Å². The number of hydrogen-bond donors (Lipinski definition) is 0. The molecule has 4 heteroatoms. The maximum atomic E-state index is 11.4. The van der Waals surface area contributed by atoms with Crippen LogP contribution < -0.4 is 0 Å². The van der Waals surface area contributed by atoms with Crippen LogP contribution in [0, 0.1) is 0 Å². The molecule has 0 aliphatic heterocycles. The fourth-order valence-corrected chi connectivity index (χ4v) is 2.22. The highest BCUT2D eigenvalue weighted by molar-refractivity contribution is 9.10. The lowest BCUT2D eigenvalue weighted by atomic mass is 10.4. The van der Waals surface area contributed by atoms with Crippen molar-refractivity contribution in [3.63, 3.8) is 0 Å². The van der Waals surface area contributed by atoms with Gasteiger partial charge in [0.15, 0.2) is 11.1 Å². The molecule has 0 heterocycles. The van der Waals surface area contributed by atoms with E-state index in [-0.39, 0.29) is 0 Å². The smallest absolute Gasteiger partial charge is 0.189 e. The van der Waals surface area contributed by atoms with Gasteiger partial charge in [0.2, 0.25) is 0 Å². The van der Waals surface area contributed by atoms with Crippen LogP contribution in [0.4, 0.5) is 0 Å². The van der Waals surface area contributed by atoms with E-state index >= 15 is 0 Å². The third-order valence-electron chi connectivity index (χ3n) is 1.38. The molecule has 1 rings (SSSR count). The first-order valence-corrected chi connectivity index (χ1v) is 5.91. The van der Waals surface area contributed by atoms with E-state index in [1.807, 2.05) is 19.1 Å². The molecular formula is C9H11BrO2S. The average Bonchev–Trinajstić information content (AvgIpc) is 2.14. The molecule has 72 valence electrons. The van der Waals surface area contributed by atoms with Gasteiger partial charge in [-0.25, -0.2) is 4.21 Å². The van der Waals surface area contributed by atoms with E-state index in [2.05, 4.69) is 15.9 Å². The summed E-state index contributed by atoms with van der Waals surface area (Å²) in [6.07, 6.45) is 0.875. The van der Waals surface area contributed by atoms with Crippen LogP contribution in [0.2, 0.25) is 0 Å². The van der Waals surface area contributed by atoms with Crippen LogP contribution in [0.15, 0.2) is 33.6 Å². The van der Waals surface area contributed by atoms with Gasteiger partial charge < -0.3 is 0 Å². The van der Waals surface area contributed by atoms with Crippen LogP contribution in [0.1, 0.15) is 13.3 Å². The Morgan fingerprint density at radius 3 is 2.92 bits per heavy atom. The topological polar surface area (TPSA) is 26.3 Å². The van der Waals surface area contributed by atoms with Crippen molar-refractivity contribution in [2.75, 3.05) is 6.61 Å². The largest absolute Gasteiger partial charge is 0.287 e. The molecule has 0 aliphatic carbocycles. The van der Waals surface area contributed by atoms with Crippen LogP contribution in [0.25, 0.3) is 0 Å². The Labute approximate surface area is 89.1 Å². The molecule has 2 nitrogen and oxygen atoms in total. The van der Waals surface area contributed by atoms with Gasteiger partial charge in [0.1, 0.15) is 0 Å². The molecule has 1 unspecified atom stereocenters. The fourth-order valence-electron chi connectivity index (χ4n) is 0.798. The van der Waals surface area contributed by atoms with E-state index in [0.29, 0.717) is 11.5 Å². The number of benzene rings is 1. The average molecular weight is 263 g/mol. The van der Waals surface area contributed by atoms with Crippen LogP contribution in [0.3, 0.4) is 0 Å². The monoisotopic (exact) mass is 262 g/mol. The van der Waals surface area contributed by atoms with Crippen molar-refractivity contribution in [3.05, 3.63) is 28.7 Å². The summed E-state index contributed by atoms with van der Waals surface area (Å²) in [5.41, 5.74) is 0. The molecule has 0 spiro atoms. The predicted octanol–water partition coefficient (Wildman–Crippen LogP) is 2.90. The van der Waals surface area contributed by atoms with E-state index in [4.69, 9.17) is 4.18 Å². The molecule has 0 fully saturated rings. The zero-order valence-electron chi connectivity index (χ0n) is 7.33. The lowest BCUT2D eigenvalue weighted by molar-refractivity contribution is 0.347. The Morgan fingerprint density at radius 2 is 2.31 bits per heavy atom. The summed E-state index contributed by atoms with van der Waals surface area (Å²) < 4.78 is 17.4. The molecule has 0 aliphatic rings. The van der Waals surface area contributed by atoms with Crippen molar-refractivity contribution in [2.24, 2.45) is 0 Å². The second-order valence-corrected chi connectivity index (χ2v) is 4.61. The van der Waals surface area contributed by atoms with Gasteiger partial charge in [-0.1, -0.05) is 28.9 Å². The maximum Gasteiger partial charge on any atom is 0.189 e. The first kappa shape index (κ1) is 10.9.